The van der Waals surface area contributed by atoms with E-state index in [0.29, 0.717) is 23.9 Å². The van der Waals surface area contributed by atoms with E-state index in [1.54, 1.807) is 12.1 Å². The molecule has 2 rings (SSSR count). The molecule has 0 fully saturated rings. The molecule has 0 spiro atoms. The SMILES string of the molecule is CS(=O)(=O)c1ccc(OCc2ccc(CN)cc2Cl)cc1. The van der Waals surface area contributed by atoms with Crippen molar-refractivity contribution in [3.63, 3.8) is 0 Å². The number of hydrogen-bond acceptors (Lipinski definition) is 4. The maximum Gasteiger partial charge on any atom is 0.175 e. The van der Waals surface area contributed by atoms with Crippen LogP contribution in [-0.4, -0.2) is 14.7 Å². The minimum atomic E-state index is -3.19. The molecule has 4 nitrogen and oxygen atoms in total. The lowest BCUT2D eigenvalue weighted by atomic mass is 10.1. The molecule has 21 heavy (non-hydrogen) atoms. The van der Waals surface area contributed by atoms with Crippen LogP contribution in [0.3, 0.4) is 0 Å². The van der Waals surface area contributed by atoms with Gasteiger partial charge in [0.2, 0.25) is 0 Å². The molecule has 0 aromatic heterocycles. The fourth-order valence-electron chi connectivity index (χ4n) is 1.78. The van der Waals surface area contributed by atoms with E-state index in [2.05, 4.69) is 0 Å². The smallest absolute Gasteiger partial charge is 0.175 e. The topological polar surface area (TPSA) is 69.4 Å². The van der Waals surface area contributed by atoms with Crippen LogP contribution in [-0.2, 0) is 23.0 Å². The number of benzene rings is 2. The molecule has 2 N–H and O–H groups in total. The first kappa shape index (κ1) is 15.8. The van der Waals surface area contributed by atoms with Crippen LogP contribution in [0.25, 0.3) is 0 Å². The quantitative estimate of drug-likeness (QED) is 0.917. The summed E-state index contributed by atoms with van der Waals surface area (Å²) in [5.41, 5.74) is 7.35. The first-order chi connectivity index (χ1) is 9.90. The van der Waals surface area contributed by atoms with Gasteiger partial charge in [0.25, 0.3) is 0 Å². The molecule has 0 saturated heterocycles. The maximum atomic E-state index is 11.4. The predicted octanol–water partition coefficient (Wildman–Crippen LogP) is 2.78. The molecule has 0 aliphatic rings. The zero-order valence-corrected chi connectivity index (χ0v) is 13.1. The molecule has 0 bridgehead atoms. The van der Waals surface area contributed by atoms with Crippen molar-refractivity contribution < 1.29 is 13.2 Å². The van der Waals surface area contributed by atoms with Gasteiger partial charge in [-0.05, 0) is 35.9 Å². The number of nitrogens with two attached hydrogens (primary N) is 1. The Hall–Kier alpha value is -1.56. The molecule has 0 aliphatic heterocycles. The standard InChI is InChI=1S/C15H16ClNO3S/c1-21(18,19)14-6-4-13(5-7-14)20-10-12-3-2-11(9-17)8-15(12)16/h2-8H,9-10,17H2,1H3. The second kappa shape index (κ2) is 6.47. The van der Waals surface area contributed by atoms with Gasteiger partial charge in [-0.3, -0.25) is 0 Å². The summed E-state index contributed by atoms with van der Waals surface area (Å²) in [5, 5.41) is 0.603. The van der Waals surface area contributed by atoms with Crippen LogP contribution in [0.2, 0.25) is 5.02 Å². The van der Waals surface area contributed by atoms with E-state index in [9.17, 15) is 8.42 Å². The van der Waals surface area contributed by atoms with Gasteiger partial charge in [0.05, 0.1) is 4.90 Å². The van der Waals surface area contributed by atoms with E-state index in [-0.39, 0.29) is 4.90 Å². The monoisotopic (exact) mass is 325 g/mol. The van der Waals surface area contributed by atoms with E-state index >= 15 is 0 Å². The van der Waals surface area contributed by atoms with Gasteiger partial charge in [-0.15, -0.1) is 0 Å². The van der Waals surface area contributed by atoms with Crippen molar-refractivity contribution in [1.82, 2.24) is 0 Å². The Morgan fingerprint density at radius 1 is 1.14 bits per heavy atom. The van der Waals surface area contributed by atoms with Crippen molar-refractivity contribution >= 4 is 21.4 Å². The fourth-order valence-corrected chi connectivity index (χ4v) is 2.67. The van der Waals surface area contributed by atoms with Gasteiger partial charge in [-0.2, -0.15) is 0 Å². The number of sulfone groups is 1. The van der Waals surface area contributed by atoms with Gasteiger partial charge in [-0.25, -0.2) is 8.42 Å². The summed E-state index contributed by atoms with van der Waals surface area (Å²) >= 11 is 6.14. The number of rotatable bonds is 5. The predicted molar refractivity (Wildman–Crippen MR) is 83.2 cm³/mol. The normalized spacial score (nSPS) is 11.4. The van der Waals surface area contributed by atoms with Crippen LogP contribution in [0.1, 0.15) is 11.1 Å². The highest BCUT2D eigenvalue weighted by molar-refractivity contribution is 7.90. The molecule has 0 atom stereocenters. The van der Waals surface area contributed by atoms with Crippen molar-refractivity contribution in [2.75, 3.05) is 6.26 Å². The third kappa shape index (κ3) is 4.20. The molecule has 0 saturated carbocycles. The highest BCUT2D eigenvalue weighted by atomic mass is 35.5. The zero-order chi connectivity index (χ0) is 15.5. The van der Waals surface area contributed by atoms with Gasteiger partial charge in [-0.1, -0.05) is 23.7 Å². The van der Waals surface area contributed by atoms with Gasteiger partial charge in [0.1, 0.15) is 12.4 Å². The van der Waals surface area contributed by atoms with Crippen LogP contribution in [0.5, 0.6) is 5.75 Å². The Kier molecular flexibility index (Phi) is 4.88. The molecular formula is C15H16ClNO3S. The van der Waals surface area contributed by atoms with E-state index in [4.69, 9.17) is 22.1 Å². The van der Waals surface area contributed by atoms with Gasteiger partial charge in [0, 0.05) is 23.4 Å². The van der Waals surface area contributed by atoms with Crippen LogP contribution in [0.4, 0.5) is 0 Å². The third-order valence-electron chi connectivity index (χ3n) is 3.00. The number of hydrogen-bond donors (Lipinski definition) is 1. The average molecular weight is 326 g/mol. The molecule has 112 valence electrons. The summed E-state index contributed by atoms with van der Waals surface area (Å²) in [4.78, 5) is 0.264. The highest BCUT2D eigenvalue weighted by Crippen LogP contribution is 2.21. The first-order valence-corrected chi connectivity index (χ1v) is 8.57. The van der Waals surface area contributed by atoms with Crippen LogP contribution < -0.4 is 10.5 Å². The molecule has 6 heteroatoms. The Balaban J connectivity index is 2.06. The van der Waals surface area contributed by atoms with Crippen LogP contribution >= 0.6 is 11.6 Å². The molecule has 0 amide bonds. The Morgan fingerprint density at radius 2 is 1.81 bits per heavy atom. The lowest BCUT2D eigenvalue weighted by molar-refractivity contribution is 0.306. The molecule has 0 aliphatic carbocycles. The fraction of sp³-hybridized carbons (Fsp3) is 0.200. The largest absolute Gasteiger partial charge is 0.489 e. The maximum absolute atomic E-state index is 11.4. The Labute approximate surface area is 129 Å². The van der Waals surface area contributed by atoms with E-state index in [1.165, 1.54) is 18.4 Å². The summed E-state index contributed by atoms with van der Waals surface area (Å²) in [7, 11) is -3.19. The minimum absolute atomic E-state index is 0.264. The van der Waals surface area contributed by atoms with Crippen LogP contribution in [0.15, 0.2) is 47.4 Å². The van der Waals surface area contributed by atoms with Gasteiger partial charge in [0.15, 0.2) is 9.84 Å². The van der Waals surface area contributed by atoms with Crippen molar-refractivity contribution in [2.24, 2.45) is 5.73 Å². The Bertz CT molecular complexity index is 727. The summed E-state index contributed by atoms with van der Waals surface area (Å²) in [6.07, 6.45) is 1.17. The average Bonchev–Trinajstić information content (AvgIpc) is 2.45. The van der Waals surface area contributed by atoms with Crippen LogP contribution in [0, 0.1) is 0 Å². The number of halogens is 1. The van der Waals surface area contributed by atoms with E-state index < -0.39 is 9.84 Å². The summed E-state index contributed by atoms with van der Waals surface area (Å²) in [6.45, 7) is 0.746. The second-order valence-corrected chi connectivity index (χ2v) is 7.09. The zero-order valence-electron chi connectivity index (χ0n) is 11.5. The van der Waals surface area contributed by atoms with Crippen molar-refractivity contribution in [1.29, 1.82) is 0 Å². The highest BCUT2D eigenvalue weighted by Gasteiger charge is 2.07. The molecule has 0 heterocycles. The summed E-state index contributed by atoms with van der Waals surface area (Å²) in [6, 6.07) is 11.9. The van der Waals surface area contributed by atoms with E-state index in [1.807, 2.05) is 18.2 Å². The molecule has 0 radical (unpaired) electrons. The third-order valence-corrected chi connectivity index (χ3v) is 4.48. The molecule has 2 aromatic carbocycles. The van der Waals surface area contributed by atoms with Gasteiger partial charge < -0.3 is 10.5 Å². The molecule has 2 aromatic rings. The molecular weight excluding hydrogens is 310 g/mol. The lowest BCUT2D eigenvalue weighted by Gasteiger charge is -2.09. The van der Waals surface area contributed by atoms with Crippen molar-refractivity contribution in [2.45, 2.75) is 18.0 Å². The lowest BCUT2D eigenvalue weighted by Crippen LogP contribution is -2.00. The number of ether oxygens (including phenoxy) is 1. The summed E-state index contributed by atoms with van der Waals surface area (Å²) < 4.78 is 28.3. The first-order valence-electron chi connectivity index (χ1n) is 6.30. The Morgan fingerprint density at radius 3 is 2.33 bits per heavy atom. The van der Waals surface area contributed by atoms with Crippen molar-refractivity contribution in [3.05, 3.63) is 58.6 Å². The molecule has 0 unspecified atom stereocenters. The minimum Gasteiger partial charge on any atom is -0.489 e. The second-order valence-electron chi connectivity index (χ2n) is 4.66. The summed E-state index contributed by atoms with van der Waals surface area (Å²) in [5.74, 6) is 0.585. The van der Waals surface area contributed by atoms with Gasteiger partial charge >= 0.3 is 0 Å². The van der Waals surface area contributed by atoms with Crippen molar-refractivity contribution in [3.8, 4) is 5.75 Å². The van der Waals surface area contributed by atoms with E-state index in [0.717, 1.165) is 11.1 Å².